The molecule has 3 rings (SSSR count). The topological polar surface area (TPSA) is 129 Å². The largest absolute Gasteiger partial charge is 0.573 e. The molecule has 0 bridgehead atoms. The highest BCUT2D eigenvalue weighted by molar-refractivity contribution is 7.90. The predicted octanol–water partition coefficient (Wildman–Crippen LogP) is 2.56. The van der Waals surface area contributed by atoms with Gasteiger partial charge in [-0.3, -0.25) is 24.2 Å². The number of hydrogen-bond donors (Lipinski definition) is 3. The summed E-state index contributed by atoms with van der Waals surface area (Å²) in [5, 5.41) is 5.09. The van der Waals surface area contributed by atoms with Crippen LogP contribution in [0.1, 0.15) is 12.8 Å². The van der Waals surface area contributed by atoms with Crippen molar-refractivity contribution in [1.29, 1.82) is 0 Å². The van der Waals surface area contributed by atoms with E-state index >= 15 is 0 Å². The summed E-state index contributed by atoms with van der Waals surface area (Å²) in [6.07, 6.45) is -3.48. The van der Waals surface area contributed by atoms with Crippen LogP contribution in [-0.2, 0) is 19.6 Å². The number of hydrogen-bond acceptors (Lipinski definition) is 7. The molecule has 3 N–H and O–H groups in total. The average molecular weight is 528 g/mol. The molecule has 14 heteroatoms. The molecule has 36 heavy (non-hydrogen) atoms. The van der Waals surface area contributed by atoms with Crippen LogP contribution in [0.4, 0.5) is 24.5 Å². The number of carbonyl (C=O) groups excluding carboxylic acids is 2. The molecular formula is C22H24F3N5O5S. The number of rotatable bonds is 9. The third-order valence-corrected chi connectivity index (χ3v) is 6.13. The lowest BCUT2D eigenvalue weighted by Gasteiger charge is -2.16. The Morgan fingerprint density at radius 1 is 1.03 bits per heavy atom. The minimum absolute atomic E-state index is 0.0331. The van der Waals surface area contributed by atoms with Gasteiger partial charge < -0.3 is 15.4 Å². The Morgan fingerprint density at radius 3 is 2.25 bits per heavy atom. The van der Waals surface area contributed by atoms with Gasteiger partial charge in [0.25, 0.3) is 10.0 Å². The molecule has 2 aromatic carbocycles. The van der Waals surface area contributed by atoms with Gasteiger partial charge >= 0.3 is 6.36 Å². The van der Waals surface area contributed by atoms with Crippen molar-refractivity contribution in [3.63, 3.8) is 0 Å². The minimum Gasteiger partial charge on any atom is -0.406 e. The number of likely N-dealkylation sites (N-methyl/N-ethyl adjacent to an activating group) is 1. The number of halogens is 3. The van der Waals surface area contributed by atoms with Gasteiger partial charge in [0.2, 0.25) is 11.8 Å². The van der Waals surface area contributed by atoms with Crippen molar-refractivity contribution in [3.05, 3.63) is 48.5 Å². The number of ether oxygens (including phenoxy) is 1. The van der Waals surface area contributed by atoms with E-state index in [-0.39, 0.29) is 29.4 Å². The van der Waals surface area contributed by atoms with Crippen LogP contribution in [-0.4, -0.2) is 64.0 Å². The highest BCUT2D eigenvalue weighted by atomic mass is 32.2. The molecule has 0 fully saturated rings. The van der Waals surface area contributed by atoms with Gasteiger partial charge in [-0.15, -0.1) is 13.2 Å². The van der Waals surface area contributed by atoms with Gasteiger partial charge in [-0.1, -0.05) is 6.07 Å². The van der Waals surface area contributed by atoms with Gasteiger partial charge in [-0.2, -0.15) is 0 Å². The van der Waals surface area contributed by atoms with Crippen LogP contribution in [0.2, 0.25) is 0 Å². The SMILES string of the molecule is CN(CC(=O)Nc1ccc(OC(F)(F)F)cc1)CC(=O)Nc1cccc(S(=O)(=O)NC2=NCCC2)c1. The van der Waals surface area contributed by atoms with Crippen molar-refractivity contribution in [2.75, 3.05) is 37.3 Å². The van der Waals surface area contributed by atoms with Crippen LogP contribution in [0, 0.1) is 0 Å². The number of nitrogens with zero attached hydrogens (tertiary/aromatic N) is 2. The summed E-state index contributed by atoms with van der Waals surface area (Å²) in [7, 11) is -2.32. The molecule has 0 aromatic heterocycles. The van der Waals surface area contributed by atoms with Crippen LogP contribution in [0.3, 0.4) is 0 Å². The highest BCUT2D eigenvalue weighted by Crippen LogP contribution is 2.24. The molecule has 194 valence electrons. The predicted molar refractivity (Wildman–Crippen MR) is 126 cm³/mol. The Bertz CT molecular complexity index is 1230. The summed E-state index contributed by atoms with van der Waals surface area (Å²) in [5.74, 6) is -1.01. The van der Waals surface area contributed by atoms with Crippen molar-refractivity contribution in [3.8, 4) is 5.75 Å². The summed E-state index contributed by atoms with van der Waals surface area (Å²) in [5.41, 5.74) is 0.512. The second-order valence-corrected chi connectivity index (χ2v) is 9.59. The van der Waals surface area contributed by atoms with E-state index in [1.165, 1.54) is 48.3 Å². The smallest absolute Gasteiger partial charge is 0.406 e. The van der Waals surface area contributed by atoms with Gasteiger partial charge in [0.15, 0.2) is 0 Å². The molecule has 0 unspecified atom stereocenters. The summed E-state index contributed by atoms with van der Waals surface area (Å²) < 4.78 is 67.9. The third-order valence-electron chi connectivity index (χ3n) is 4.75. The van der Waals surface area contributed by atoms with Crippen LogP contribution >= 0.6 is 0 Å². The first-order valence-electron chi connectivity index (χ1n) is 10.7. The normalized spacial score (nSPS) is 13.8. The molecule has 0 radical (unpaired) electrons. The number of nitrogens with one attached hydrogen (secondary N) is 3. The molecule has 0 saturated carbocycles. The fourth-order valence-corrected chi connectivity index (χ4v) is 4.40. The van der Waals surface area contributed by atoms with Crippen molar-refractivity contribution in [2.45, 2.75) is 24.1 Å². The molecule has 1 aliphatic heterocycles. The fourth-order valence-electron chi connectivity index (χ4n) is 3.27. The maximum atomic E-state index is 12.5. The quantitative estimate of drug-likeness (QED) is 0.460. The van der Waals surface area contributed by atoms with E-state index in [9.17, 15) is 31.2 Å². The highest BCUT2D eigenvalue weighted by Gasteiger charge is 2.31. The lowest BCUT2D eigenvalue weighted by Crippen LogP contribution is -2.36. The first kappa shape index (κ1) is 26.9. The fraction of sp³-hybridized carbons (Fsp3) is 0.318. The molecule has 1 heterocycles. The average Bonchev–Trinajstić information content (AvgIpc) is 3.26. The Morgan fingerprint density at radius 2 is 1.67 bits per heavy atom. The zero-order chi connectivity index (χ0) is 26.3. The summed E-state index contributed by atoms with van der Waals surface area (Å²) in [4.78, 5) is 30.0. The Balaban J connectivity index is 1.49. The zero-order valence-corrected chi connectivity index (χ0v) is 19.9. The maximum absolute atomic E-state index is 12.5. The van der Waals surface area contributed by atoms with E-state index in [0.717, 1.165) is 18.6 Å². The van der Waals surface area contributed by atoms with Crippen molar-refractivity contribution >= 4 is 39.0 Å². The standard InChI is InChI=1S/C22H24F3N5O5S/c1-30(13-20(31)27-15-7-9-17(10-8-15)35-22(23,24)25)14-21(32)28-16-4-2-5-18(12-16)36(33,34)29-19-6-3-11-26-19/h2,4-5,7-10,12H,3,6,11,13-14H2,1H3,(H,26,29)(H,27,31)(H,28,32). The molecule has 10 nitrogen and oxygen atoms in total. The van der Waals surface area contributed by atoms with Crippen LogP contribution in [0.15, 0.2) is 58.4 Å². The van der Waals surface area contributed by atoms with E-state index < -0.39 is 33.9 Å². The van der Waals surface area contributed by atoms with Gasteiger partial charge in [-0.25, -0.2) is 8.42 Å². The van der Waals surface area contributed by atoms with E-state index in [4.69, 9.17) is 0 Å². The molecule has 1 aliphatic rings. The lowest BCUT2D eigenvalue weighted by atomic mass is 10.3. The summed E-state index contributed by atoms with van der Waals surface area (Å²) >= 11 is 0. The molecule has 2 amide bonds. The molecule has 0 spiro atoms. The van der Waals surface area contributed by atoms with Gasteiger partial charge in [0.1, 0.15) is 11.6 Å². The maximum Gasteiger partial charge on any atom is 0.573 e. The molecule has 2 aromatic rings. The summed E-state index contributed by atoms with van der Waals surface area (Å²) in [6, 6.07) is 10.4. The van der Waals surface area contributed by atoms with Crippen LogP contribution in [0.25, 0.3) is 0 Å². The molecule has 0 aliphatic carbocycles. The number of benzene rings is 2. The third kappa shape index (κ3) is 8.53. The van der Waals surface area contributed by atoms with Crippen molar-refractivity contribution in [2.24, 2.45) is 4.99 Å². The lowest BCUT2D eigenvalue weighted by molar-refractivity contribution is -0.274. The molecule has 0 atom stereocenters. The Labute approximate surface area is 205 Å². The second kappa shape index (κ2) is 11.4. The number of amides is 2. The van der Waals surface area contributed by atoms with Crippen molar-refractivity contribution in [1.82, 2.24) is 9.62 Å². The van der Waals surface area contributed by atoms with E-state index in [1.54, 1.807) is 0 Å². The van der Waals surface area contributed by atoms with Crippen molar-refractivity contribution < 1.29 is 35.9 Å². The number of aliphatic imine (C=N–C) groups is 1. The van der Waals surface area contributed by atoms with Gasteiger partial charge in [0.05, 0.1) is 18.0 Å². The number of anilines is 2. The Kier molecular flexibility index (Phi) is 8.53. The van der Waals surface area contributed by atoms with Gasteiger partial charge in [-0.05, 0) is 55.9 Å². The van der Waals surface area contributed by atoms with E-state index in [2.05, 4.69) is 25.1 Å². The molecule has 0 saturated heterocycles. The number of amidine groups is 1. The first-order valence-corrected chi connectivity index (χ1v) is 12.2. The number of carbonyl (C=O) groups is 2. The van der Waals surface area contributed by atoms with E-state index in [1.807, 2.05) is 0 Å². The van der Waals surface area contributed by atoms with Crippen LogP contribution < -0.4 is 20.1 Å². The van der Waals surface area contributed by atoms with E-state index in [0.29, 0.717) is 18.8 Å². The molecular weight excluding hydrogens is 503 g/mol. The monoisotopic (exact) mass is 527 g/mol. The van der Waals surface area contributed by atoms with Crippen LogP contribution in [0.5, 0.6) is 5.75 Å². The van der Waals surface area contributed by atoms with Gasteiger partial charge in [0, 0.05) is 24.3 Å². The first-order chi connectivity index (χ1) is 16.9. The summed E-state index contributed by atoms with van der Waals surface area (Å²) in [6.45, 7) is 0.204. The zero-order valence-electron chi connectivity index (χ0n) is 19.1. The minimum atomic E-state index is -4.81. The number of alkyl halides is 3. The second-order valence-electron chi connectivity index (χ2n) is 7.91. The number of sulfonamides is 1. The Hall–Kier alpha value is -3.65.